The molecule has 0 aliphatic carbocycles. The fraction of sp³-hybridized carbons (Fsp3) is 0.609. The molecule has 3 N–H and O–H groups in total. The van der Waals surface area contributed by atoms with Gasteiger partial charge in [-0.25, -0.2) is 9.37 Å². The van der Waals surface area contributed by atoms with Gasteiger partial charge in [-0.3, -0.25) is 9.48 Å². The molecule has 8 heteroatoms. The summed E-state index contributed by atoms with van der Waals surface area (Å²) in [5.41, 5.74) is 0.954. The molecule has 1 fully saturated rings. The number of carboxylic acids is 1. The number of hydrogen-bond donors (Lipinski definition) is 3. The summed E-state index contributed by atoms with van der Waals surface area (Å²) in [5.74, 6) is -0.631. The fourth-order valence-corrected chi connectivity index (χ4v) is 4.50. The number of piperidine rings is 1. The van der Waals surface area contributed by atoms with Gasteiger partial charge in [-0.2, -0.15) is 5.10 Å². The van der Waals surface area contributed by atoms with E-state index < -0.39 is 17.2 Å². The van der Waals surface area contributed by atoms with Crippen molar-refractivity contribution in [3.8, 4) is 0 Å². The smallest absolute Gasteiger partial charge is 0.310 e. The number of carbonyl (C=O) groups is 1. The predicted octanol–water partition coefficient (Wildman–Crippen LogP) is 4.17. The molecular formula is C23H34FN5O2. The number of aliphatic carboxylic acids is 1. The van der Waals surface area contributed by atoms with Crippen LogP contribution in [-0.2, 0) is 23.2 Å². The van der Waals surface area contributed by atoms with Crippen molar-refractivity contribution in [3.05, 3.63) is 34.9 Å². The van der Waals surface area contributed by atoms with Crippen molar-refractivity contribution in [2.45, 2.75) is 78.8 Å². The summed E-state index contributed by atoms with van der Waals surface area (Å²) in [5, 5.41) is 20.9. The zero-order valence-electron chi connectivity index (χ0n) is 19.3. The van der Waals surface area contributed by atoms with E-state index in [0.29, 0.717) is 42.9 Å². The maximum Gasteiger partial charge on any atom is 0.310 e. The first-order valence-electron chi connectivity index (χ1n) is 10.9. The molecule has 7 nitrogen and oxygen atoms in total. The Morgan fingerprint density at radius 3 is 2.68 bits per heavy atom. The normalized spacial score (nSPS) is 21.8. The molecule has 31 heavy (non-hydrogen) atoms. The molecule has 0 unspecified atom stereocenters. The van der Waals surface area contributed by atoms with E-state index in [2.05, 4.69) is 41.5 Å². The van der Waals surface area contributed by atoms with Crippen molar-refractivity contribution in [3.63, 3.8) is 0 Å². The Labute approximate surface area is 183 Å². The third-order valence-electron chi connectivity index (χ3n) is 6.00. The van der Waals surface area contributed by atoms with E-state index in [1.165, 1.54) is 0 Å². The van der Waals surface area contributed by atoms with Crippen LogP contribution in [-0.4, -0.2) is 38.4 Å². The van der Waals surface area contributed by atoms with Gasteiger partial charge in [0.05, 0.1) is 11.0 Å². The summed E-state index contributed by atoms with van der Waals surface area (Å²) in [6.07, 6.45) is 1.79. The zero-order chi connectivity index (χ0) is 23.0. The van der Waals surface area contributed by atoms with E-state index >= 15 is 4.39 Å². The monoisotopic (exact) mass is 431 g/mol. The van der Waals surface area contributed by atoms with Crippen LogP contribution in [0.3, 0.4) is 0 Å². The molecule has 3 heterocycles. The number of halogens is 1. The Kier molecular flexibility index (Phi) is 6.41. The fourth-order valence-electron chi connectivity index (χ4n) is 4.50. The van der Waals surface area contributed by atoms with Crippen LogP contribution in [0.2, 0.25) is 0 Å². The number of nitrogens with zero attached hydrogens (tertiary/aromatic N) is 3. The first-order valence-corrected chi connectivity index (χ1v) is 10.9. The lowest BCUT2D eigenvalue weighted by atomic mass is 9.73. The van der Waals surface area contributed by atoms with E-state index in [0.717, 1.165) is 5.69 Å². The van der Waals surface area contributed by atoms with Gasteiger partial charge >= 0.3 is 5.97 Å². The first kappa shape index (κ1) is 23.2. The van der Waals surface area contributed by atoms with Crippen molar-refractivity contribution in [2.24, 2.45) is 5.41 Å². The molecule has 0 bridgehead atoms. The first-order chi connectivity index (χ1) is 14.4. The van der Waals surface area contributed by atoms with Crippen molar-refractivity contribution >= 4 is 17.6 Å². The van der Waals surface area contributed by atoms with Crippen LogP contribution in [0.4, 0.5) is 16.0 Å². The Morgan fingerprint density at radius 2 is 2.13 bits per heavy atom. The van der Waals surface area contributed by atoms with Crippen LogP contribution in [0.5, 0.6) is 0 Å². The quantitative estimate of drug-likeness (QED) is 0.636. The lowest BCUT2D eigenvalue weighted by Crippen LogP contribution is -2.48. The van der Waals surface area contributed by atoms with Crippen molar-refractivity contribution in [2.75, 3.05) is 11.9 Å². The Hall–Kier alpha value is -2.48. The lowest BCUT2D eigenvalue weighted by Gasteiger charge is -2.37. The van der Waals surface area contributed by atoms with Crippen LogP contribution >= 0.6 is 0 Å². The number of nitrogens with one attached hydrogen (secondary N) is 2. The minimum atomic E-state index is -0.901. The van der Waals surface area contributed by atoms with E-state index in [1.54, 1.807) is 6.07 Å². The standard InChI is InChI=1S/C23H34FN5O2/c1-7-16-11-17(13-23(21(30)31)8-9-25-14(2)12-23)26-20(19(16)24)27-18-10-15(3)29(28-18)22(4,5)6/h10-11,14,25H,7-9,12-13H2,1-6H3,(H,30,31)(H,26,27,28)/t14-,23-/m1/s1. The molecular weight excluding hydrogens is 397 g/mol. The van der Waals surface area contributed by atoms with Crippen LogP contribution in [0.25, 0.3) is 0 Å². The van der Waals surface area contributed by atoms with Crippen LogP contribution in [0.15, 0.2) is 12.1 Å². The highest BCUT2D eigenvalue weighted by Gasteiger charge is 2.42. The molecule has 1 aliphatic rings. The van der Waals surface area contributed by atoms with Crippen LogP contribution in [0.1, 0.15) is 64.4 Å². The van der Waals surface area contributed by atoms with E-state index in [4.69, 9.17) is 0 Å². The molecule has 0 aromatic carbocycles. The average Bonchev–Trinajstić information content (AvgIpc) is 3.04. The number of pyridine rings is 1. The maximum absolute atomic E-state index is 15.1. The second-order valence-electron chi connectivity index (χ2n) is 9.74. The molecule has 0 amide bonds. The second kappa shape index (κ2) is 8.57. The van der Waals surface area contributed by atoms with Crippen LogP contribution in [0, 0.1) is 18.2 Å². The number of aryl methyl sites for hydroxylation is 2. The Balaban J connectivity index is 1.96. The minimum Gasteiger partial charge on any atom is -0.481 e. The molecule has 170 valence electrons. The lowest BCUT2D eigenvalue weighted by molar-refractivity contribution is -0.151. The van der Waals surface area contributed by atoms with Gasteiger partial charge in [0, 0.05) is 29.9 Å². The van der Waals surface area contributed by atoms with Gasteiger partial charge in [-0.15, -0.1) is 0 Å². The summed E-state index contributed by atoms with van der Waals surface area (Å²) in [6.45, 7) is 12.6. The minimum absolute atomic E-state index is 0.0930. The Morgan fingerprint density at radius 1 is 1.42 bits per heavy atom. The van der Waals surface area contributed by atoms with Gasteiger partial charge in [0.1, 0.15) is 0 Å². The predicted molar refractivity (Wildman–Crippen MR) is 119 cm³/mol. The van der Waals surface area contributed by atoms with Gasteiger partial charge in [-0.05, 0) is 72.1 Å². The van der Waals surface area contributed by atoms with Gasteiger partial charge in [0.15, 0.2) is 17.5 Å². The highest BCUT2D eigenvalue weighted by Crippen LogP contribution is 2.36. The van der Waals surface area contributed by atoms with Crippen LogP contribution < -0.4 is 10.6 Å². The Bertz CT molecular complexity index is 966. The van der Waals surface area contributed by atoms with E-state index in [9.17, 15) is 9.90 Å². The summed E-state index contributed by atoms with van der Waals surface area (Å²) in [4.78, 5) is 16.7. The van der Waals surface area contributed by atoms with E-state index in [-0.39, 0.29) is 23.8 Å². The summed E-state index contributed by atoms with van der Waals surface area (Å²) in [7, 11) is 0. The average molecular weight is 432 g/mol. The molecule has 2 aromatic rings. The van der Waals surface area contributed by atoms with E-state index in [1.807, 2.05) is 31.5 Å². The van der Waals surface area contributed by atoms with Gasteiger partial charge < -0.3 is 15.7 Å². The largest absolute Gasteiger partial charge is 0.481 e. The summed E-state index contributed by atoms with van der Waals surface area (Å²) < 4.78 is 17.0. The van der Waals surface area contributed by atoms with Crippen molar-refractivity contribution in [1.29, 1.82) is 0 Å². The number of aromatic nitrogens is 3. The SMILES string of the molecule is CCc1cc(C[C@@]2(C(=O)O)CCN[C@H](C)C2)nc(Nc2cc(C)n(C(C)(C)C)n2)c1F. The molecule has 0 spiro atoms. The van der Waals surface area contributed by atoms with Gasteiger partial charge in [-0.1, -0.05) is 6.92 Å². The molecule has 0 radical (unpaired) electrons. The number of hydrogen-bond acceptors (Lipinski definition) is 5. The summed E-state index contributed by atoms with van der Waals surface area (Å²) >= 11 is 0. The molecule has 2 aromatic heterocycles. The van der Waals surface area contributed by atoms with Crippen molar-refractivity contribution in [1.82, 2.24) is 20.1 Å². The second-order valence-corrected chi connectivity index (χ2v) is 9.74. The number of carboxylic acid groups (broad SMARTS) is 1. The van der Waals surface area contributed by atoms with Gasteiger partial charge in [0.2, 0.25) is 0 Å². The number of anilines is 2. The summed E-state index contributed by atoms with van der Waals surface area (Å²) in [6, 6.07) is 3.67. The van der Waals surface area contributed by atoms with Crippen molar-refractivity contribution < 1.29 is 14.3 Å². The van der Waals surface area contributed by atoms with Gasteiger partial charge in [0.25, 0.3) is 0 Å². The molecule has 2 atom stereocenters. The zero-order valence-corrected chi connectivity index (χ0v) is 19.3. The molecule has 1 saturated heterocycles. The molecule has 1 aliphatic heterocycles. The molecule has 0 saturated carbocycles. The highest BCUT2D eigenvalue weighted by molar-refractivity contribution is 5.75. The third-order valence-corrected chi connectivity index (χ3v) is 6.00. The topological polar surface area (TPSA) is 92.1 Å². The highest BCUT2D eigenvalue weighted by atomic mass is 19.1. The third kappa shape index (κ3) is 4.89. The molecule has 3 rings (SSSR count). The number of rotatable bonds is 6. The maximum atomic E-state index is 15.1.